The minimum absolute atomic E-state index is 0.0397. The van der Waals surface area contributed by atoms with E-state index < -0.39 is 0 Å². The predicted molar refractivity (Wildman–Crippen MR) is 142 cm³/mol. The number of H-pyrrole nitrogens is 1. The number of amides is 1. The summed E-state index contributed by atoms with van der Waals surface area (Å²) < 4.78 is 6.07. The van der Waals surface area contributed by atoms with Crippen molar-refractivity contribution in [1.82, 2.24) is 24.8 Å². The van der Waals surface area contributed by atoms with Gasteiger partial charge in [-0.1, -0.05) is 13.0 Å². The molecule has 1 aliphatic rings. The lowest BCUT2D eigenvalue weighted by Gasteiger charge is -2.15. The van der Waals surface area contributed by atoms with Crippen molar-refractivity contribution in [2.24, 2.45) is 10.9 Å². The SMILES string of the molecule is Cc1ccc(N=Cc2c(O)[nH]c3ncnc(NCCN(C)C=O)c23)cc1OCCCN1CC[C@@H](C)C1. The van der Waals surface area contributed by atoms with Crippen LogP contribution in [0.25, 0.3) is 11.0 Å². The van der Waals surface area contributed by atoms with E-state index >= 15 is 0 Å². The highest BCUT2D eigenvalue weighted by Gasteiger charge is 2.18. The Labute approximate surface area is 211 Å². The topological polar surface area (TPSA) is 119 Å². The summed E-state index contributed by atoms with van der Waals surface area (Å²) in [5.41, 5.74) is 2.76. The van der Waals surface area contributed by atoms with Gasteiger partial charge in [-0.05, 0) is 43.9 Å². The Bertz CT molecular complexity index is 1210. The van der Waals surface area contributed by atoms with Crippen LogP contribution in [0.15, 0.2) is 29.5 Å². The summed E-state index contributed by atoms with van der Waals surface area (Å²) in [7, 11) is 1.71. The zero-order valence-electron chi connectivity index (χ0n) is 21.2. The number of aryl methyl sites for hydroxylation is 1. The molecule has 0 radical (unpaired) electrons. The highest BCUT2D eigenvalue weighted by Crippen LogP contribution is 2.30. The van der Waals surface area contributed by atoms with Crippen molar-refractivity contribution in [3.05, 3.63) is 35.7 Å². The first-order valence-electron chi connectivity index (χ1n) is 12.4. The minimum Gasteiger partial charge on any atom is -0.494 e. The van der Waals surface area contributed by atoms with E-state index in [-0.39, 0.29) is 5.88 Å². The fourth-order valence-electron chi connectivity index (χ4n) is 4.36. The number of fused-ring (bicyclic) bond motifs is 1. The number of hydrogen-bond acceptors (Lipinski definition) is 8. The number of aromatic hydroxyl groups is 1. The highest BCUT2D eigenvalue weighted by atomic mass is 16.5. The van der Waals surface area contributed by atoms with E-state index in [1.165, 1.54) is 30.7 Å². The average molecular weight is 494 g/mol. The molecule has 10 nitrogen and oxygen atoms in total. The van der Waals surface area contributed by atoms with Crippen molar-refractivity contribution >= 4 is 35.2 Å². The lowest BCUT2D eigenvalue weighted by molar-refractivity contribution is -0.116. The first-order valence-corrected chi connectivity index (χ1v) is 12.4. The van der Waals surface area contributed by atoms with Gasteiger partial charge in [-0.2, -0.15) is 0 Å². The van der Waals surface area contributed by atoms with Crippen LogP contribution in [0.2, 0.25) is 0 Å². The number of likely N-dealkylation sites (N-methyl/N-ethyl adjacent to an activating group) is 1. The maximum Gasteiger partial charge on any atom is 0.209 e. The zero-order valence-corrected chi connectivity index (χ0v) is 21.2. The number of aliphatic imine (C=N–C) groups is 1. The summed E-state index contributed by atoms with van der Waals surface area (Å²) in [5, 5.41) is 14.3. The van der Waals surface area contributed by atoms with Crippen molar-refractivity contribution in [1.29, 1.82) is 0 Å². The summed E-state index contributed by atoms with van der Waals surface area (Å²) in [6.45, 7) is 9.43. The molecule has 1 amide bonds. The maximum atomic E-state index is 10.8. The van der Waals surface area contributed by atoms with E-state index in [0.717, 1.165) is 42.3 Å². The summed E-state index contributed by atoms with van der Waals surface area (Å²) in [5.74, 6) is 2.12. The number of likely N-dealkylation sites (tertiary alicyclic amines) is 1. The fraction of sp³-hybridized carbons (Fsp3) is 0.462. The van der Waals surface area contributed by atoms with Crippen LogP contribution < -0.4 is 10.1 Å². The summed E-state index contributed by atoms with van der Waals surface area (Å²) >= 11 is 0. The van der Waals surface area contributed by atoms with Gasteiger partial charge in [0.1, 0.15) is 23.5 Å². The Morgan fingerprint density at radius 1 is 1.39 bits per heavy atom. The molecule has 1 fully saturated rings. The molecule has 0 unspecified atom stereocenters. The molecule has 1 atom stereocenters. The second kappa shape index (κ2) is 11.9. The first kappa shape index (κ1) is 25.4. The van der Waals surface area contributed by atoms with Crippen molar-refractivity contribution in [2.75, 3.05) is 51.7 Å². The van der Waals surface area contributed by atoms with Crippen LogP contribution in [-0.4, -0.2) is 88.9 Å². The number of carbonyl (C=O) groups excluding carboxylic acids is 1. The predicted octanol–water partition coefficient (Wildman–Crippen LogP) is 3.33. The standard InChI is InChI=1S/C26H35N7O3/c1-18-7-10-33(15-18)9-4-12-36-22-13-20(6-5-19(22)2)28-14-21-23-24(27-8-11-32(3)17-34)29-16-30-25(23)31-26(21)35/h5-6,13-14,16-18,35H,4,7-12,15H2,1-3H3,(H2,27,29,30,31)/t18-/m1/s1. The highest BCUT2D eigenvalue weighted by molar-refractivity contribution is 6.06. The van der Waals surface area contributed by atoms with Crippen molar-refractivity contribution in [3.63, 3.8) is 0 Å². The molecule has 192 valence electrons. The van der Waals surface area contributed by atoms with Crippen LogP contribution in [0, 0.1) is 12.8 Å². The molecule has 3 N–H and O–H groups in total. The van der Waals surface area contributed by atoms with E-state index in [9.17, 15) is 9.90 Å². The largest absolute Gasteiger partial charge is 0.494 e. The van der Waals surface area contributed by atoms with Crippen LogP contribution in [0.4, 0.5) is 11.5 Å². The second-order valence-electron chi connectivity index (χ2n) is 9.45. The number of rotatable bonds is 12. The third kappa shape index (κ3) is 6.31. The minimum atomic E-state index is -0.0397. The monoisotopic (exact) mass is 493 g/mol. The van der Waals surface area contributed by atoms with Gasteiger partial charge in [0.05, 0.1) is 23.2 Å². The zero-order chi connectivity index (χ0) is 25.5. The Kier molecular flexibility index (Phi) is 8.37. The van der Waals surface area contributed by atoms with E-state index in [4.69, 9.17) is 4.74 Å². The summed E-state index contributed by atoms with van der Waals surface area (Å²) in [6.07, 6.45) is 6.06. The number of anilines is 1. The van der Waals surface area contributed by atoms with Crippen LogP contribution in [0.5, 0.6) is 11.6 Å². The number of hydrogen-bond donors (Lipinski definition) is 3. The molecule has 0 bridgehead atoms. The number of nitrogens with one attached hydrogen (secondary N) is 2. The van der Waals surface area contributed by atoms with E-state index in [1.807, 2.05) is 25.1 Å². The molecule has 0 aliphatic carbocycles. The lowest BCUT2D eigenvalue weighted by atomic mass is 10.2. The second-order valence-corrected chi connectivity index (χ2v) is 9.45. The van der Waals surface area contributed by atoms with Crippen molar-refractivity contribution < 1.29 is 14.6 Å². The van der Waals surface area contributed by atoms with E-state index in [1.54, 1.807) is 13.3 Å². The normalized spacial score (nSPS) is 16.1. The smallest absolute Gasteiger partial charge is 0.209 e. The molecule has 1 aromatic carbocycles. The van der Waals surface area contributed by atoms with Crippen LogP contribution in [0.1, 0.15) is 30.9 Å². The summed E-state index contributed by atoms with van der Waals surface area (Å²) in [6, 6.07) is 5.82. The average Bonchev–Trinajstić information content (AvgIpc) is 3.43. The lowest BCUT2D eigenvalue weighted by Crippen LogP contribution is -2.23. The number of carbonyl (C=O) groups is 1. The Morgan fingerprint density at radius 2 is 2.25 bits per heavy atom. The first-order chi connectivity index (χ1) is 17.4. The van der Waals surface area contributed by atoms with E-state index in [0.29, 0.717) is 42.1 Å². The van der Waals surface area contributed by atoms with Gasteiger partial charge in [-0.3, -0.25) is 9.79 Å². The molecule has 0 spiro atoms. The van der Waals surface area contributed by atoms with Gasteiger partial charge in [0.15, 0.2) is 5.88 Å². The molecule has 4 rings (SSSR count). The number of nitrogens with zero attached hydrogens (tertiary/aromatic N) is 5. The number of aromatic amines is 1. The van der Waals surface area contributed by atoms with Gasteiger partial charge >= 0.3 is 0 Å². The number of aromatic nitrogens is 3. The van der Waals surface area contributed by atoms with Crippen LogP contribution >= 0.6 is 0 Å². The molecule has 36 heavy (non-hydrogen) atoms. The van der Waals surface area contributed by atoms with Gasteiger partial charge in [0.2, 0.25) is 6.41 Å². The molecule has 3 heterocycles. The van der Waals surface area contributed by atoms with E-state index in [2.05, 4.69) is 37.1 Å². The molecular formula is C26H35N7O3. The Morgan fingerprint density at radius 3 is 3.03 bits per heavy atom. The quantitative estimate of drug-likeness (QED) is 0.201. The molecule has 0 saturated carbocycles. The van der Waals surface area contributed by atoms with Gasteiger partial charge in [0, 0.05) is 45.5 Å². The Balaban J connectivity index is 1.44. The molecule has 1 saturated heterocycles. The van der Waals surface area contributed by atoms with Gasteiger partial charge in [-0.25, -0.2) is 9.97 Å². The number of benzene rings is 1. The van der Waals surface area contributed by atoms with Gasteiger partial charge < -0.3 is 29.9 Å². The third-order valence-corrected chi connectivity index (χ3v) is 6.44. The number of ether oxygens (including phenoxy) is 1. The van der Waals surface area contributed by atoms with Crippen molar-refractivity contribution in [3.8, 4) is 11.6 Å². The molecule has 1 aliphatic heterocycles. The molecule has 2 aromatic heterocycles. The van der Waals surface area contributed by atoms with Crippen LogP contribution in [-0.2, 0) is 4.79 Å². The fourth-order valence-corrected chi connectivity index (χ4v) is 4.36. The maximum absolute atomic E-state index is 10.8. The molecule has 10 heteroatoms. The van der Waals surface area contributed by atoms with Gasteiger partial charge in [-0.15, -0.1) is 0 Å². The van der Waals surface area contributed by atoms with Gasteiger partial charge in [0.25, 0.3) is 0 Å². The van der Waals surface area contributed by atoms with Crippen LogP contribution in [0.3, 0.4) is 0 Å². The molecule has 3 aromatic rings. The third-order valence-electron chi connectivity index (χ3n) is 6.44. The molecular weight excluding hydrogens is 458 g/mol. The van der Waals surface area contributed by atoms with Crippen molar-refractivity contribution in [2.45, 2.75) is 26.7 Å². The Hall–Kier alpha value is -3.66. The summed E-state index contributed by atoms with van der Waals surface area (Å²) in [4.78, 5) is 30.9.